The Morgan fingerprint density at radius 2 is 1.77 bits per heavy atom. The normalized spacial score (nSPS) is 12.9. The highest BCUT2D eigenvalue weighted by molar-refractivity contribution is 5.87. The first-order chi connectivity index (χ1) is 10.4. The molecule has 0 aliphatic carbocycles. The standard InChI is InChI=1S/C16H20N2O4/c1-10(2)14(16(20)21-4)18-15(19)11(3)22-13-7-5-12(9-17)6-8-13/h5-8,10-11,14H,1-4H3,(H,18,19). The van der Waals surface area contributed by atoms with Crippen LogP contribution < -0.4 is 10.1 Å². The minimum atomic E-state index is -0.779. The lowest BCUT2D eigenvalue weighted by Crippen LogP contribution is -2.49. The second kappa shape index (κ2) is 8.03. The van der Waals surface area contributed by atoms with Gasteiger partial charge in [0.2, 0.25) is 0 Å². The molecule has 118 valence electrons. The molecule has 1 aromatic carbocycles. The summed E-state index contributed by atoms with van der Waals surface area (Å²) < 4.78 is 10.2. The Kier molecular flexibility index (Phi) is 6.39. The summed E-state index contributed by atoms with van der Waals surface area (Å²) in [6.45, 7) is 5.21. The van der Waals surface area contributed by atoms with Gasteiger partial charge in [-0.15, -0.1) is 0 Å². The van der Waals surface area contributed by atoms with Crippen LogP contribution in [0.5, 0.6) is 5.75 Å². The van der Waals surface area contributed by atoms with Crippen molar-refractivity contribution in [3.05, 3.63) is 29.8 Å². The number of methoxy groups -OCH3 is 1. The number of benzene rings is 1. The van der Waals surface area contributed by atoms with E-state index in [2.05, 4.69) is 10.1 Å². The quantitative estimate of drug-likeness (QED) is 0.807. The highest BCUT2D eigenvalue weighted by Crippen LogP contribution is 2.14. The molecule has 1 aromatic rings. The van der Waals surface area contributed by atoms with Gasteiger partial charge < -0.3 is 14.8 Å². The van der Waals surface area contributed by atoms with Gasteiger partial charge in [0, 0.05) is 0 Å². The van der Waals surface area contributed by atoms with E-state index >= 15 is 0 Å². The van der Waals surface area contributed by atoms with Gasteiger partial charge in [-0.05, 0) is 37.1 Å². The second-order valence-corrected chi connectivity index (χ2v) is 5.15. The maximum Gasteiger partial charge on any atom is 0.328 e. The molecule has 0 aromatic heterocycles. The number of nitrogens with zero attached hydrogens (tertiary/aromatic N) is 1. The third-order valence-corrected chi connectivity index (χ3v) is 3.09. The Morgan fingerprint density at radius 1 is 1.18 bits per heavy atom. The van der Waals surface area contributed by atoms with Crippen LogP contribution in [0, 0.1) is 17.2 Å². The van der Waals surface area contributed by atoms with E-state index in [1.54, 1.807) is 31.2 Å². The van der Waals surface area contributed by atoms with E-state index in [0.717, 1.165) is 0 Å². The average Bonchev–Trinajstić information content (AvgIpc) is 2.51. The van der Waals surface area contributed by atoms with Gasteiger partial charge in [0.1, 0.15) is 11.8 Å². The molecule has 0 aliphatic rings. The van der Waals surface area contributed by atoms with E-state index in [1.165, 1.54) is 7.11 Å². The predicted octanol–water partition coefficient (Wildman–Crippen LogP) is 1.64. The number of nitriles is 1. The summed E-state index contributed by atoms with van der Waals surface area (Å²) in [7, 11) is 1.28. The van der Waals surface area contributed by atoms with Gasteiger partial charge in [0.05, 0.1) is 18.7 Å². The van der Waals surface area contributed by atoms with Crippen molar-refractivity contribution in [3.63, 3.8) is 0 Å². The molecule has 2 unspecified atom stereocenters. The summed E-state index contributed by atoms with van der Waals surface area (Å²) in [4.78, 5) is 23.7. The lowest BCUT2D eigenvalue weighted by molar-refractivity contribution is -0.147. The first-order valence-corrected chi connectivity index (χ1v) is 6.94. The minimum Gasteiger partial charge on any atom is -0.481 e. The second-order valence-electron chi connectivity index (χ2n) is 5.15. The molecule has 0 saturated carbocycles. The fraction of sp³-hybridized carbons (Fsp3) is 0.438. The molecular formula is C16H20N2O4. The van der Waals surface area contributed by atoms with Crippen LogP contribution in [-0.4, -0.2) is 31.1 Å². The molecule has 0 bridgehead atoms. The van der Waals surface area contributed by atoms with Crippen LogP contribution in [0.2, 0.25) is 0 Å². The zero-order valence-corrected chi connectivity index (χ0v) is 13.1. The van der Waals surface area contributed by atoms with Crippen LogP contribution in [0.1, 0.15) is 26.3 Å². The van der Waals surface area contributed by atoms with E-state index in [4.69, 9.17) is 10.00 Å². The fourth-order valence-electron chi connectivity index (χ4n) is 1.76. The summed E-state index contributed by atoms with van der Waals surface area (Å²) in [5.74, 6) is -0.526. The van der Waals surface area contributed by atoms with Gasteiger partial charge in [-0.1, -0.05) is 13.8 Å². The lowest BCUT2D eigenvalue weighted by atomic mass is 10.0. The molecule has 0 aliphatic heterocycles. The zero-order chi connectivity index (χ0) is 16.7. The number of esters is 1. The van der Waals surface area contributed by atoms with Crippen molar-refractivity contribution in [1.82, 2.24) is 5.32 Å². The molecule has 0 radical (unpaired) electrons. The number of hydrogen-bond acceptors (Lipinski definition) is 5. The lowest BCUT2D eigenvalue weighted by Gasteiger charge is -2.22. The van der Waals surface area contributed by atoms with Crippen LogP contribution in [0.4, 0.5) is 0 Å². The molecule has 2 atom stereocenters. The molecule has 1 amide bonds. The van der Waals surface area contributed by atoms with Crippen molar-refractivity contribution in [2.45, 2.75) is 32.9 Å². The monoisotopic (exact) mass is 304 g/mol. The van der Waals surface area contributed by atoms with Crippen molar-refractivity contribution in [2.75, 3.05) is 7.11 Å². The zero-order valence-electron chi connectivity index (χ0n) is 13.1. The van der Waals surface area contributed by atoms with Crippen molar-refractivity contribution in [2.24, 2.45) is 5.92 Å². The summed E-state index contributed by atoms with van der Waals surface area (Å²) in [6.07, 6.45) is -0.779. The number of ether oxygens (including phenoxy) is 2. The van der Waals surface area contributed by atoms with Gasteiger partial charge in [-0.2, -0.15) is 5.26 Å². The van der Waals surface area contributed by atoms with E-state index < -0.39 is 24.0 Å². The third-order valence-electron chi connectivity index (χ3n) is 3.09. The molecule has 1 rings (SSSR count). The molecule has 0 fully saturated rings. The van der Waals surface area contributed by atoms with Crippen LogP contribution in [0.25, 0.3) is 0 Å². The average molecular weight is 304 g/mol. The van der Waals surface area contributed by atoms with E-state index in [9.17, 15) is 9.59 Å². The van der Waals surface area contributed by atoms with Gasteiger partial charge in [0.15, 0.2) is 6.10 Å². The molecule has 0 spiro atoms. The smallest absolute Gasteiger partial charge is 0.328 e. The maximum atomic E-state index is 12.1. The largest absolute Gasteiger partial charge is 0.481 e. The molecule has 6 nitrogen and oxygen atoms in total. The van der Waals surface area contributed by atoms with Crippen molar-refractivity contribution >= 4 is 11.9 Å². The van der Waals surface area contributed by atoms with Crippen LogP contribution in [0.3, 0.4) is 0 Å². The molecule has 22 heavy (non-hydrogen) atoms. The van der Waals surface area contributed by atoms with Crippen molar-refractivity contribution < 1.29 is 19.1 Å². The summed E-state index contributed by atoms with van der Waals surface area (Å²) in [5, 5.41) is 11.3. The Labute approximate surface area is 130 Å². The van der Waals surface area contributed by atoms with E-state index in [0.29, 0.717) is 11.3 Å². The third kappa shape index (κ3) is 4.77. The van der Waals surface area contributed by atoms with Crippen molar-refractivity contribution in [3.8, 4) is 11.8 Å². The van der Waals surface area contributed by atoms with Crippen molar-refractivity contribution in [1.29, 1.82) is 5.26 Å². The first-order valence-electron chi connectivity index (χ1n) is 6.94. The van der Waals surface area contributed by atoms with Crippen LogP contribution in [-0.2, 0) is 14.3 Å². The number of carbonyl (C=O) groups excluding carboxylic acids is 2. The SMILES string of the molecule is COC(=O)C(NC(=O)C(C)Oc1ccc(C#N)cc1)C(C)C. The van der Waals surface area contributed by atoms with Gasteiger partial charge in [-0.25, -0.2) is 4.79 Å². The minimum absolute atomic E-state index is 0.0986. The van der Waals surface area contributed by atoms with E-state index in [1.807, 2.05) is 19.9 Å². The molecule has 0 saturated heterocycles. The topological polar surface area (TPSA) is 88.4 Å². The number of hydrogen-bond donors (Lipinski definition) is 1. The molecule has 1 N–H and O–H groups in total. The molecule has 6 heteroatoms. The summed E-state index contributed by atoms with van der Waals surface area (Å²) in [6, 6.07) is 7.72. The molecule has 0 heterocycles. The number of nitrogens with one attached hydrogen (secondary N) is 1. The van der Waals surface area contributed by atoms with Gasteiger partial charge in [0.25, 0.3) is 5.91 Å². The van der Waals surface area contributed by atoms with Gasteiger partial charge >= 0.3 is 5.97 Å². The Bertz CT molecular complexity index is 561. The number of carbonyl (C=O) groups is 2. The highest BCUT2D eigenvalue weighted by Gasteiger charge is 2.27. The molecular weight excluding hydrogens is 284 g/mol. The Morgan fingerprint density at radius 3 is 2.23 bits per heavy atom. The van der Waals surface area contributed by atoms with E-state index in [-0.39, 0.29) is 5.92 Å². The number of amides is 1. The fourth-order valence-corrected chi connectivity index (χ4v) is 1.76. The predicted molar refractivity (Wildman–Crippen MR) is 80.0 cm³/mol. The summed E-state index contributed by atoms with van der Waals surface area (Å²) in [5.41, 5.74) is 0.509. The highest BCUT2D eigenvalue weighted by atomic mass is 16.5. The van der Waals surface area contributed by atoms with Gasteiger partial charge in [-0.3, -0.25) is 4.79 Å². The Balaban J connectivity index is 2.67. The Hall–Kier alpha value is -2.55. The van der Waals surface area contributed by atoms with Crippen LogP contribution in [0.15, 0.2) is 24.3 Å². The maximum absolute atomic E-state index is 12.1. The first kappa shape index (κ1) is 17.5. The number of rotatable bonds is 6. The van der Waals surface area contributed by atoms with Crippen LogP contribution >= 0.6 is 0 Å². The summed E-state index contributed by atoms with van der Waals surface area (Å²) >= 11 is 0.